The molecule has 2 fully saturated rings. The summed E-state index contributed by atoms with van der Waals surface area (Å²) >= 11 is 0. The number of likely N-dealkylation sites (tertiary alicyclic amines) is 1. The molecule has 2 saturated heterocycles. The molecule has 0 aromatic heterocycles. The Labute approximate surface area is 100 Å². The molecular formula is C13H27N3. The molecule has 0 spiro atoms. The highest BCUT2D eigenvalue weighted by Gasteiger charge is 2.26. The number of hydrogen-bond acceptors (Lipinski definition) is 3. The molecule has 16 heavy (non-hydrogen) atoms. The van der Waals surface area contributed by atoms with Crippen molar-refractivity contribution >= 4 is 0 Å². The van der Waals surface area contributed by atoms with E-state index in [-0.39, 0.29) is 0 Å². The lowest BCUT2D eigenvalue weighted by Crippen LogP contribution is -2.41. The van der Waals surface area contributed by atoms with E-state index in [2.05, 4.69) is 29.1 Å². The smallest absolute Gasteiger partial charge is 0.0232 e. The van der Waals surface area contributed by atoms with Gasteiger partial charge in [0.05, 0.1) is 0 Å². The van der Waals surface area contributed by atoms with Gasteiger partial charge in [0.1, 0.15) is 0 Å². The first-order chi connectivity index (χ1) is 7.81. The average Bonchev–Trinajstić information content (AvgIpc) is 2.73. The van der Waals surface area contributed by atoms with Crippen LogP contribution in [0.3, 0.4) is 0 Å². The van der Waals surface area contributed by atoms with Gasteiger partial charge in [0.15, 0.2) is 0 Å². The molecule has 0 amide bonds. The highest BCUT2D eigenvalue weighted by Crippen LogP contribution is 2.19. The molecular weight excluding hydrogens is 198 g/mol. The van der Waals surface area contributed by atoms with Crippen LogP contribution in [-0.2, 0) is 0 Å². The van der Waals surface area contributed by atoms with E-state index in [1.165, 1.54) is 58.4 Å². The maximum Gasteiger partial charge on any atom is 0.0232 e. The minimum Gasteiger partial charge on any atom is -0.315 e. The van der Waals surface area contributed by atoms with Gasteiger partial charge in [0.25, 0.3) is 0 Å². The van der Waals surface area contributed by atoms with Crippen LogP contribution in [0.15, 0.2) is 0 Å². The third-order valence-electron chi connectivity index (χ3n) is 4.42. The first-order valence-corrected chi connectivity index (χ1v) is 6.96. The van der Waals surface area contributed by atoms with Crippen molar-refractivity contribution in [3.8, 4) is 0 Å². The van der Waals surface area contributed by atoms with Gasteiger partial charge in [0, 0.05) is 18.6 Å². The van der Waals surface area contributed by atoms with E-state index in [0.717, 1.165) is 12.1 Å². The van der Waals surface area contributed by atoms with Crippen molar-refractivity contribution in [1.82, 2.24) is 15.1 Å². The molecule has 2 unspecified atom stereocenters. The van der Waals surface area contributed by atoms with Crippen molar-refractivity contribution < 1.29 is 0 Å². The zero-order valence-corrected chi connectivity index (χ0v) is 10.9. The lowest BCUT2D eigenvalue weighted by molar-refractivity contribution is 0.166. The normalized spacial score (nSPS) is 33.2. The predicted octanol–water partition coefficient (Wildman–Crippen LogP) is 1.15. The Morgan fingerprint density at radius 1 is 1.19 bits per heavy atom. The van der Waals surface area contributed by atoms with Crippen LogP contribution in [0.5, 0.6) is 0 Å². The lowest BCUT2D eigenvalue weighted by Gasteiger charge is -2.32. The molecule has 0 aromatic carbocycles. The summed E-state index contributed by atoms with van der Waals surface area (Å²) in [7, 11) is 2.34. The molecule has 3 nitrogen and oxygen atoms in total. The van der Waals surface area contributed by atoms with Gasteiger partial charge in [-0.1, -0.05) is 6.92 Å². The summed E-state index contributed by atoms with van der Waals surface area (Å²) in [4.78, 5) is 5.25. The molecule has 94 valence electrons. The van der Waals surface area contributed by atoms with E-state index >= 15 is 0 Å². The summed E-state index contributed by atoms with van der Waals surface area (Å²) in [6.07, 6.45) is 5.47. The van der Waals surface area contributed by atoms with Crippen LogP contribution in [0.2, 0.25) is 0 Å². The summed E-state index contributed by atoms with van der Waals surface area (Å²) in [5, 5.41) is 3.48. The number of nitrogens with zero attached hydrogens (tertiary/aromatic N) is 2. The van der Waals surface area contributed by atoms with Gasteiger partial charge in [-0.2, -0.15) is 0 Å². The van der Waals surface area contributed by atoms with Gasteiger partial charge in [-0.25, -0.2) is 0 Å². The molecule has 1 N–H and O–H groups in total. The third-order valence-corrected chi connectivity index (χ3v) is 4.42. The van der Waals surface area contributed by atoms with Crippen molar-refractivity contribution in [1.29, 1.82) is 0 Å². The Bertz CT molecular complexity index is 201. The lowest BCUT2D eigenvalue weighted by atomic mass is 10.1. The third kappa shape index (κ3) is 2.96. The molecule has 0 radical (unpaired) electrons. The van der Waals surface area contributed by atoms with Crippen LogP contribution < -0.4 is 5.32 Å². The molecule has 2 aliphatic heterocycles. The minimum absolute atomic E-state index is 0.790. The van der Waals surface area contributed by atoms with Crippen molar-refractivity contribution in [2.24, 2.45) is 0 Å². The van der Waals surface area contributed by atoms with Crippen LogP contribution in [0, 0.1) is 0 Å². The Hall–Kier alpha value is -0.120. The van der Waals surface area contributed by atoms with Crippen LogP contribution in [0.1, 0.15) is 32.6 Å². The van der Waals surface area contributed by atoms with Gasteiger partial charge in [-0.3, -0.25) is 4.90 Å². The standard InChI is InChI=1S/C13H27N3/c1-3-16-9-4-5-12(7-10-16)15(2)13-6-8-14-11-13/h12-14H,3-11H2,1-2H3. The van der Waals surface area contributed by atoms with Gasteiger partial charge in [0.2, 0.25) is 0 Å². The van der Waals surface area contributed by atoms with Gasteiger partial charge in [-0.05, 0) is 58.9 Å². The maximum absolute atomic E-state index is 3.48. The Morgan fingerprint density at radius 3 is 2.75 bits per heavy atom. The Balaban J connectivity index is 1.83. The number of likely N-dealkylation sites (N-methyl/N-ethyl adjacent to an activating group) is 1. The van der Waals surface area contributed by atoms with Crippen molar-refractivity contribution in [3.05, 3.63) is 0 Å². The molecule has 2 rings (SSSR count). The zero-order chi connectivity index (χ0) is 11.4. The van der Waals surface area contributed by atoms with Gasteiger partial charge in [-0.15, -0.1) is 0 Å². The SMILES string of the molecule is CCN1CCCC(N(C)C2CCNC2)CC1. The monoisotopic (exact) mass is 225 g/mol. The van der Waals surface area contributed by atoms with E-state index in [1.807, 2.05) is 0 Å². The van der Waals surface area contributed by atoms with Gasteiger partial charge >= 0.3 is 0 Å². The topological polar surface area (TPSA) is 18.5 Å². The summed E-state index contributed by atoms with van der Waals surface area (Å²) < 4.78 is 0. The Morgan fingerprint density at radius 2 is 2.06 bits per heavy atom. The molecule has 2 aliphatic rings. The summed E-state index contributed by atoms with van der Waals surface area (Å²) in [6.45, 7) is 8.52. The van der Waals surface area contributed by atoms with Crippen LogP contribution >= 0.6 is 0 Å². The van der Waals surface area contributed by atoms with Crippen LogP contribution in [0.4, 0.5) is 0 Å². The minimum atomic E-state index is 0.790. The van der Waals surface area contributed by atoms with E-state index < -0.39 is 0 Å². The fraction of sp³-hybridized carbons (Fsp3) is 1.00. The first kappa shape index (κ1) is 12.3. The fourth-order valence-electron chi connectivity index (χ4n) is 3.15. The van der Waals surface area contributed by atoms with Crippen molar-refractivity contribution in [2.45, 2.75) is 44.7 Å². The van der Waals surface area contributed by atoms with E-state index in [1.54, 1.807) is 0 Å². The second-order valence-corrected chi connectivity index (χ2v) is 5.33. The largest absolute Gasteiger partial charge is 0.315 e. The number of rotatable bonds is 3. The second kappa shape index (κ2) is 5.99. The van der Waals surface area contributed by atoms with Crippen LogP contribution in [-0.4, -0.2) is 61.7 Å². The quantitative estimate of drug-likeness (QED) is 0.777. The number of nitrogens with one attached hydrogen (secondary N) is 1. The average molecular weight is 225 g/mol. The highest BCUT2D eigenvalue weighted by atomic mass is 15.2. The molecule has 0 saturated carbocycles. The molecule has 0 bridgehead atoms. The van der Waals surface area contributed by atoms with E-state index in [4.69, 9.17) is 0 Å². The first-order valence-electron chi connectivity index (χ1n) is 6.96. The van der Waals surface area contributed by atoms with E-state index in [0.29, 0.717) is 0 Å². The fourth-order valence-corrected chi connectivity index (χ4v) is 3.15. The molecule has 2 heterocycles. The van der Waals surface area contributed by atoms with Crippen LogP contribution in [0.25, 0.3) is 0 Å². The zero-order valence-electron chi connectivity index (χ0n) is 10.9. The summed E-state index contributed by atoms with van der Waals surface area (Å²) in [6, 6.07) is 1.61. The second-order valence-electron chi connectivity index (χ2n) is 5.33. The van der Waals surface area contributed by atoms with Gasteiger partial charge < -0.3 is 10.2 Å². The van der Waals surface area contributed by atoms with E-state index in [9.17, 15) is 0 Å². The number of hydrogen-bond donors (Lipinski definition) is 1. The molecule has 0 aliphatic carbocycles. The maximum atomic E-state index is 3.48. The van der Waals surface area contributed by atoms with Crippen molar-refractivity contribution in [3.63, 3.8) is 0 Å². The molecule has 0 aromatic rings. The summed E-state index contributed by atoms with van der Waals surface area (Å²) in [5.41, 5.74) is 0. The predicted molar refractivity (Wildman–Crippen MR) is 68.8 cm³/mol. The Kier molecular flexibility index (Phi) is 4.62. The molecule has 3 heteroatoms. The summed E-state index contributed by atoms with van der Waals surface area (Å²) in [5.74, 6) is 0. The van der Waals surface area contributed by atoms with Crippen molar-refractivity contribution in [2.75, 3.05) is 39.8 Å². The molecule has 2 atom stereocenters. The highest BCUT2D eigenvalue weighted by molar-refractivity contribution is 4.84.